The second-order valence-corrected chi connectivity index (χ2v) is 7.68. The normalized spacial score (nSPS) is 13.0. The average Bonchev–Trinajstić information content (AvgIpc) is 2.75. The summed E-state index contributed by atoms with van der Waals surface area (Å²) in [4.78, 5) is 27.4. The van der Waals surface area contributed by atoms with E-state index in [0.29, 0.717) is 17.7 Å². The highest BCUT2D eigenvalue weighted by molar-refractivity contribution is 6.08. The molecule has 0 fully saturated rings. The molecule has 1 aliphatic heterocycles. The number of rotatable bonds is 3. The third-order valence-electron chi connectivity index (χ3n) is 5.44. The largest absolute Gasteiger partial charge is 0.322 e. The summed E-state index contributed by atoms with van der Waals surface area (Å²) in [6.07, 6.45) is 1.61. The van der Waals surface area contributed by atoms with Crippen molar-refractivity contribution in [2.45, 2.75) is 26.7 Å². The summed E-state index contributed by atoms with van der Waals surface area (Å²) in [6.45, 7) is 4.54. The topological polar surface area (TPSA) is 49.4 Å². The monoisotopic (exact) mass is 402 g/mol. The molecule has 3 aromatic rings. The quantitative estimate of drug-likeness (QED) is 0.647. The average molecular weight is 402 g/mol. The number of fused-ring (bicyclic) bond motifs is 1. The molecule has 30 heavy (non-hydrogen) atoms. The lowest BCUT2D eigenvalue weighted by Crippen LogP contribution is -2.35. The van der Waals surface area contributed by atoms with Gasteiger partial charge in [-0.2, -0.15) is 0 Å². The number of benzene rings is 3. The lowest BCUT2D eigenvalue weighted by atomic mass is 9.98. The van der Waals surface area contributed by atoms with Crippen LogP contribution in [0.25, 0.3) is 0 Å². The Bertz CT molecular complexity index is 1120. The smallest absolute Gasteiger partial charge is 0.258 e. The summed E-state index contributed by atoms with van der Waals surface area (Å²) in [5.74, 6) is -0.706. The van der Waals surface area contributed by atoms with Gasteiger partial charge in [-0.3, -0.25) is 9.59 Å². The van der Waals surface area contributed by atoms with Crippen LogP contribution in [0.1, 0.15) is 43.8 Å². The van der Waals surface area contributed by atoms with Gasteiger partial charge in [0.15, 0.2) is 0 Å². The second-order valence-electron chi connectivity index (χ2n) is 7.68. The number of anilines is 2. The number of amides is 2. The van der Waals surface area contributed by atoms with Gasteiger partial charge in [-0.15, -0.1) is 0 Å². The first-order chi connectivity index (χ1) is 14.4. The lowest BCUT2D eigenvalue weighted by molar-refractivity contribution is 0.0984. The Hall–Kier alpha value is -3.47. The molecule has 0 aromatic heterocycles. The van der Waals surface area contributed by atoms with Crippen molar-refractivity contribution in [1.82, 2.24) is 0 Å². The Morgan fingerprint density at radius 3 is 2.43 bits per heavy atom. The van der Waals surface area contributed by atoms with E-state index >= 15 is 0 Å². The zero-order valence-corrected chi connectivity index (χ0v) is 17.0. The summed E-state index contributed by atoms with van der Waals surface area (Å²) in [5.41, 5.74) is 5.65. The Morgan fingerprint density at radius 1 is 0.933 bits per heavy atom. The van der Waals surface area contributed by atoms with Gasteiger partial charge in [-0.25, -0.2) is 4.39 Å². The van der Waals surface area contributed by atoms with Crippen LogP contribution in [0.15, 0.2) is 60.7 Å². The molecule has 2 amide bonds. The minimum absolute atomic E-state index is 0.163. The molecule has 3 aromatic carbocycles. The van der Waals surface area contributed by atoms with Crippen molar-refractivity contribution in [3.05, 3.63) is 94.3 Å². The number of hydrogen-bond acceptors (Lipinski definition) is 2. The fourth-order valence-corrected chi connectivity index (χ4v) is 3.76. The summed E-state index contributed by atoms with van der Waals surface area (Å²) >= 11 is 0. The van der Waals surface area contributed by atoms with Crippen LogP contribution in [0.5, 0.6) is 0 Å². The van der Waals surface area contributed by atoms with Gasteiger partial charge in [0.1, 0.15) is 5.82 Å². The molecule has 1 heterocycles. The van der Waals surface area contributed by atoms with Crippen molar-refractivity contribution in [3.63, 3.8) is 0 Å². The van der Waals surface area contributed by atoms with Gasteiger partial charge >= 0.3 is 0 Å². The molecule has 0 spiro atoms. The molecule has 0 radical (unpaired) electrons. The molecule has 4 rings (SSSR count). The van der Waals surface area contributed by atoms with Gasteiger partial charge in [-0.05, 0) is 91.9 Å². The van der Waals surface area contributed by atoms with Crippen molar-refractivity contribution in [3.8, 4) is 0 Å². The summed E-state index contributed by atoms with van der Waals surface area (Å²) < 4.78 is 13.2. The van der Waals surface area contributed by atoms with Gasteiger partial charge in [0, 0.05) is 29.0 Å². The van der Waals surface area contributed by atoms with Crippen LogP contribution in [0.3, 0.4) is 0 Å². The standard InChI is InChI=1S/C25H23FN2O2/c1-16-5-6-17(2)22(14-16)27-24(29)20-9-12-23-19(15-20)4-3-13-28(23)25(30)18-7-10-21(26)11-8-18/h5-12,14-15H,3-4,13H2,1-2H3,(H,27,29). The predicted molar refractivity (Wildman–Crippen MR) is 117 cm³/mol. The highest BCUT2D eigenvalue weighted by atomic mass is 19.1. The molecule has 152 valence electrons. The third-order valence-corrected chi connectivity index (χ3v) is 5.44. The minimum Gasteiger partial charge on any atom is -0.322 e. The fraction of sp³-hybridized carbons (Fsp3) is 0.200. The van der Waals surface area contributed by atoms with Gasteiger partial charge < -0.3 is 10.2 Å². The number of nitrogens with one attached hydrogen (secondary N) is 1. The van der Waals surface area contributed by atoms with E-state index in [1.165, 1.54) is 24.3 Å². The fourth-order valence-electron chi connectivity index (χ4n) is 3.76. The molecule has 5 heteroatoms. The van der Waals surface area contributed by atoms with Crippen molar-refractivity contribution in [2.75, 3.05) is 16.8 Å². The third kappa shape index (κ3) is 3.96. The molecular formula is C25H23FN2O2. The first-order valence-corrected chi connectivity index (χ1v) is 10.0. The predicted octanol–water partition coefficient (Wildman–Crippen LogP) is 5.29. The maximum absolute atomic E-state index is 13.2. The van der Waals surface area contributed by atoms with E-state index in [0.717, 1.165) is 40.9 Å². The Kier molecular flexibility index (Phi) is 5.36. The van der Waals surface area contributed by atoms with E-state index in [-0.39, 0.29) is 17.6 Å². The number of halogens is 1. The lowest BCUT2D eigenvalue weighted by Gasteiger charge is -2.30. The van der Waals surface area contributed by atoms with E-state index in [9.17, 15) is 14.0 Å². The van der Waals surface area contributed by atoms with E-state index in [1.807, 2.05) is 44.2 Å². The number of nitrogens with zero attached hydrogens (tertiary/aromatic N) is 1. The van der Waals surface area contributed by atoms with E-state index in [1.54, 1.807) is 11.0 Å². The Balaban J connectivity index is 1.58. The van der Waals surface area contributed by atoms with Crippen LogP contribution in [0.4, 0.5) is 15.8 Å². The number of carbonyl (C=O) groups is 2. The number of carbonyl (C=O) groups excluding carboxylic acids is 2. The molecule has 0 saturated heterocycles. The first-order valence-electron chi connectivity index (χ1n) is 10.0. The molecule has 0 atom stereocenters. The van der Waals surface area contributed by atoms with Crippen LogP contribution < -0.4 is 10.2 Å². The van der Waals surface area contributed by atoms with Crippen molar-refractivity contribution in [2.24, 2.45) is 0 Å². The summed E-state index contributed by atoms with van der Waals surface area (Å²) in [7, 11) is 0. The van der Waals surface area contributed by atoms with Gasteiger partial charge in [0.2, 0.25) is 0 Å². The van der Waals surface area contributed by atoms with Gasteiger partial charge in [-0.1, -0.05) is 12.1 Å². The molecule has 0 bridgehead atoms. The number of aryl methyl sites for hydroxylation is 3. The Morgan fingerprint density at radius 2 is 1.67 bits per heavy atom. The van der Waals surface area contributed by atoms with Crippen molar-refractivity contribution in [1.29, 1.82) is 0 Å². The molecule has 1 N–H and O–H groups in total. The molecule has 0 saturated carbocycles. The molecule has 0 aliphatic carbocycles. The molecular weight excluding hydrogens is 379 g/mol. The van der Waals surface area contributed by atoms with Crippen molar-refractivity contribution >= 4 is 23.2 Å². The molecule has 1 aliphatic rings. The van der Waals surface area contributed by atoms with Crippen LogP contribution in [0.2, 0.25) is 0 Å². The van der Waals surface area contributed by atoms with E-state index < -0.39 is 0 Å². The Labute approximate surface area is 175 Å². The summed E-state index contributed by atoms with van der Waals surface area (Å²) in [6, 6.07) is 17.0. The SMILES string of the molecule is Cc1ccc(C)c(NC(=O)c2ccc3c(c2)CCCN3C(=O)c2ccc(F)cc2)c1. The second kappa shape index (κ2) is 8.11. The van der Waals surface area contributed by atoms with E-state index in [2.05, 4.69) is 5.32 Å². The van der Waals surface area contributed by atoms with E-state index in [4.69, 9.17) is 0 Å². The van der Waals surface area contributed by atoms with Crippen LogP contribution >= 0.6 is 0 Å². The van der Waals surface area contributed by atoms with Crippen LogP contribution in [-0.4, -0.2) is 18.4 Å². The summed E-state index contributed by atoms with van der Waals surface area (Å²) in [5, 5.41) is 2.98. The van der Waals surface area contributed by atoms with Crippen molar-refractivity contribution < 1.29 is 14.0 Å². The first kappa shape index (κ1) is 19.8. The van der Waals surface area contributed by atoms with Crippen LogP contribution in [0, 0.1) is 19.7 Å². The maximum atomic E-state index is 13.2. The number of hydrogen-bond donors (Lipinski definition) is 1. The minimum atomic E-state index is -0.370. The van der Waals surface area contributed by atoms with Gasteiger partial charge in [0.25, 0.3) is 11.8 Å². The zero-order valence-electron chi connectivity index (χ0n) is 17.0. The molecule has 0 unspecified atom stereocenters. The zero-order chi connectivity index (χ0) is 21.3. The van der Waals surface area contributed by atoms with Gasteiger partial charge in [0.05, 0.1) is 0 Å². The maximum Gasteiger partial charge on any atom is 0.258 e. The highest BCUT2D eigenvalue weighted by Crippen LogP contribution is 2.30. The molecule has 4 nitrogen and oxygen atoms in total. The highest BCUT2D eigenvalue weighted by Gasteiger charge is 2.24. The van der Waals surface area contributed by atoms with Crippen LogP contribution in [-0.2, 0) is 6.42 Å².